The lowest BCUT2D eigenvalue weighted by molar-refractivity contribution is 0.0256. The zero-order valence-corrected chi connectivity index (χ0v) is 7.08. The van der Waals surface area contributed by atoms with Gasteiger partial charge in [0.1, 0.15) is 6.10 Å². The van der Waals surface area contributed by atoms with Gasteiger partial charge in [-0.3, -0.25) is 0 Å². The highest BCUT2D eigenvalue weighted by Crippen LogP contribution is 2.40. The van der Waals surface area contributed by atoms with E-state index >= 15 is 0 Å². The van der Waals surface area contributed by atoms with Gasteiger partial charge in [-0.25, -0.2) is 0 Å². The van der Waals surface area contributed by atoms with Gasteiger partial charge in [0.15, 0.2) is 0 Å². The summed E-state index contributed by atoms with van der Waals surface area (Å²) >= 11 is 0. The average molecular weight is 156 g/mol. The van der Waals surface area contributed by atoms with Crippen molar-refractivity contribution in [3.05, 3.63) is 0 Å². The Morgan fingerprint density at radius 1 is 1.45 bits per heavy atom. The van der Waals surface area contributed by atoms with E-state index in [9.17, 15) is 0 Å². The second-order valence-corrected chi connectivity index (χ2v) is 3.48. The van der Waals surface area contributed by atoms with Crippen molar-refractivity contribution in [3.63, 3.8) is 0 Å². The van der Waals surface area contributed by atoms with Crippen molar-refractivity contribution in [2.45, 2.75) is 50.9 Å². The van der Waals surface area contributed by atoms with Crippen LogP contribution in [0.3, 0.4) is 0 Å². The summed E-state index contributed by atoms with van der Waals surface area (Å²) in [6.07, 6.45) is 6.34. The fraction of sp³-hybridized carbons (Fsp3) is 1.00. The molecule has 1 saturated carbocycles. The smallest absolute Gasteiger partial charge is 0.110 e. The summed E-state index contributed by atoms with van der Waals surface area (Å²) in [7, 11) is 0. The fourth-order valence-corrected chi connectivity index (χ4v) is 1.77. The first-order valence-corrected chi connectivity index (χ1v) is 4.69. The molecule has 0 bridgehead atoms. The Balaban J connectivity index is 1.63. The first-order chi connectivity index (χ1) is 5.42. The number of fused-ring (bicyclic) bond motifs is 1. The maximum absolute atomic E-state index is 5.67. The van der Waals surface area contributed by atoms with Gasteiger partial charge in [0, 0.05) is 6.61 Å². The second-order valence-electron chi connectivity index (χ2n) is 3.48. The minimum atomic E-state index is 0.437. The molecule has 2 aliphatic rings. The average Bonchev–Trinajstić information content (AvgIpc) is 2.70. The Morgan fingerprint density at radius 3 is 2.91 bits per heavy atom. The fourth-order valence-electron chi connectivity index (χ4n) is 1.77. The molecule has 2 fully saturated rings. The standard InChI is InChI=1S/C9H16O2/c1-2-3-6-10-7-4-5-8-9(7)11-8/h7-9H,2-6H2,1H3. The molecule has 0 amide bonds. The van der Waals surface area contributed by atoms with Crippen molar-refractivity contribution < 1.29 is 9.47 Å². The maximum atomic E-state index is 5.67. The van der Waals surface area contributed by atoms with Crippen molar-refractivity contribution in [3.8, 4) is 0 Å². The normalized spacial score (nSPS) is 40.6. The number of ether oxygens (including phenoxy) is 2. The van der Waals surface area contributed by atoms with E-state index in [1.807, 2.05) is 0 Å². The molecule has 64 valence electrons. The Kier molecular flexibility index (Phi) is 2.14. The van der Waals surface area contributed by atoms with E-state index in [1.54, 1.807) is 0 Å². The van der Waals surface area contributed by atoms with Crippen LogP contribution in [0.2, 0.25) is 0 Å². The summed E-state index contributed by atoms with van der Waals surface area (Å²) < 4.78 is 11.0. The van der Waals surface area contributed by atoms with Gasteiger partial charge in [0.25, 0.3) is 0 Å². The first kappa shape index (κ1) is 7.56. The van der Waals surface area contributed by atoms with Gasteiger partial charge < -0.3 is 9.47 Å². The Labute approximate surface area is 67.9 Å². The molecule has 0 N–H and O–H groups in total. The predicted octanol–water partition coefficient (Wildman–Crippen LogP) is 1.73. The molecule has 1 saturated heterocycles. The van der Waals surface area contributed by atoms with Gasteiger partial charge in [-0.1, -0.05) is 13.3 Å². The number of rotatable bonds is 4. The van der Waals surface area contributed by atoms with Gasteiger partial charge in [0.2, 0.25) is 0 Å². The van der Waals surface area contributed by atoms with Gasteiger partial charge in [-0.15, -0.1) is 0 Å². The van der Waals surface area contributed by atoms with E-state index in [1.165, 1.54) is 25.7 Å². The van der Waals surface area contributed by atoms with Crippen molar-refractivity contribution in [1.29, 1.82) is 0 Å². The Hall–Kier alpha value is -0.0800. The van der Waals surface area contributed by atoms with Crippen molar-refractivity contribution in [2.75, 3.05) is 6.61 Å². The Morgan fingerprint density at radius 2 is 2.36 bits per heavy atom. The molecule has 3 unspecified atom stereocenters. The van der Waals surface area contributed by atoms with Gasteiger partial charge >= 0.3 is 0 Å². The summed E-state index contributed by atoms with van der Waals surface area (Å²) in [6, 6.07) is 0. The molecule has 1 aliphatic heterocycles. The van der Waals surface area contributed by atoms with Crippen LogP contribution in [0.15, 0.2) is 0 Å². The largest absolute Gasteiger partial charge is 0.375 e. The number of unbranched alkanes of at least 4 members (excludes halogenated alkanes) is 1. The third-order valence-electron chi connectivity index (χ3n) is 2.55. The molecular formula is C9H16O2. The summed E-state index contributed by atoms with van der Waals surface area (Å²) in [5.74, 6) is 0. The minimum absolute atomic E-state index is 0.437. The summed E-state index contributed by atoms with van der Waals surface area (Å²) in [5, 5.41) is 0. The van der Waals surface area contributed by atoms with Crippen LogP contribution in [0.5, 0.6) is 0 Å². The van der Waals surface area contributed by atoms with Crippen LogP contribution >= 0.6 is 0 Å². The van der Waals surface area contributed by atoms with Crippen LogP contribution in [0.25, 0.3) is 0 Å². The molecular weight excluding hydrogens is 140 g/mol. The molecule has 2 rings (SSSR count). The van der Waals surface area contributed by atoms with Crippen molar-refractivity contribution >= 4 is 0 Å². The second kappa shape index (κ2) is 3.11. The van der Waals surface area contributed by atoms with E-state index in [0.29, 0.717) is 18.3 Å². The highest BCUT2D eigenvalue weighted by molar-refractivity contribution is 4.98. The van der Waals surface area contributed by atoms with Crippen LogP contribution in [0, 0.1) is 0 Å². The van der Waals surface area contributed by atoms with Crippen LogP contribution in [-0.4, -0.2) is 24.9 Å². The van der Waals surface area contributed by atoms with Crippen LogP contribution in [-0.2, 0) is 9.47 Å². The van der Waals surface area contributed by atoms with E-state index in [4.69, 9.17) is 9.47 Å². The van der Waals surface area contributed by atoms with Crippen LogP contribution in [0.1, 0.15) is 32.6 Å². The monoisotopic (exact) mass is 156 g/mol. The van der Waals surface area contributed by atoms with Crippen molar-refractivity contribution in [1.82, 2.24) is 0 Å². The highest BCUT2D eigenvalue weighted by atomic mass is 16.6. The predicted molar refractivity (Wildman–Crippen MR) is 42.5 cm³/mol. The maximum Gasteiger partial charge on any atom is 0.110 e. The topological polar surface area (TPSA) is 21.8 Å². The molecule has 0 radical (unpaired) electrons. The zero-order chi connectivity index (χ0) is 7.68. The first-order valence-electron chi connectivity index (χ1n) is 4.69. The van der Waals surface area contributed by atoms with Gasteiger partial charge in [0.05, 0.1) is 12.2 Å². The van der Waals surface area contributed by atoms with E-state index in [-0.39, 0.29) is 0 Å². The lowest BCUT2D eigenvalue weighted by atomic mass is 10.3. The van der Waals surface area contributed by atoms with Gasteiger partial charge in [-0.2, -0.15) is 0 Å². The molecule has 0 aromatic heterocycles. The van der Waals surface area contributed by atoms with E-state index in [2.05, 4.69) is 6.92 Å². The summed E-state index contributed by atoms with van der Waals surface area (Å²) in [5.41, 5.74) is 0. The van der Waals surface area contributed by atoms with Crippen LogP contribution in [0.4, 0.5) is 0 Å². The van der Waals surface area contributed by atoms with E-state index in [0.717, 1.165) is 6.61 Å². The van der Waals surface area contributed by atoms with Gasteiger partial charge in [-0.05, 0) is 19.3 Å². The lowest BCUT2D eigenvalue weighted by Gasteiger charge is -2.10. The minimum Gasteiger partial charge on any atom is -0.375 e. The molecule has 0 spiro atoms. The summed E-state index contributed by atoms with van der Waals surface area (Å²) in [6.45, 7) is 3.11. The highest BCUT2D eigenvalue weighted by Gasteiger charge is 2.50. The SMILES string of the molecule is CCCCOC1CCC2OC12. The molecule has 2 nitrogen and oxygen atoms in total. The molecule has 0 aromatic rings. The lowest BCUT2D eigenvalue weighted by Crippen LogP contribution is -2.16. The quantitative estimate of drug-likeness (QED) is 0.456. The molecule has 11 heavy (non-hydrogen) atoms. The zero-order valence-electron chi connectivity index (χ0n) is 7.08. The molecule has 2 heteroatoms. The third-order valence-corrected chi connectivity index (χ3v) is 2.55. The van der Waals surface area contributed by atoms with Crippen LogP contribution < -0.4 is 0 Å². The Bertz CT molecular complexity index is 136. The molecule has 1 heterocycles. The van der Waals surface area contributed by atoms with Crippen molar-refractivity contribution in [2.24, 2.45) is 0 Å². The number of hydrogen-bond acceptors (Lipinski definition) is 2. The number of hydrogen-bond donors (Lipinski definition) is 0. The number of epoxide rings is 1. The van der Waals surface area contributed by atoms with E-state index < -0.39 is 0 Å². The molecule has 3 atom stereocenters. The summed E-state index contributed by atoms with van der Waals surface area (Å²) in [4.78, 5) is 0. The molecule has 0 aromatic carbocycles. The third kappa shape index (κ3) is 1.57. The molecule has 1 aliphatic carbocycles.